The van der Waals surface area contributed by atoms with Gasteiger partial charge < -0.3 is 21.1 Å². The van der Waals surface area contributed by atoms with Crippen LogP contribution in [-0.2, 0) is 0 Å². The molecule has 2 aromatic rings. The Bertz CT molecular complexity index is 636. The fraction of sp³-hybridized carbons (Fsp3) is 0.312. The molecular weight excluding hydrogens is 264 g/mol. The molecule has 1 aliphatic rings. The Labute approximate surface area is 124 Å². The van der Waals surface area contributed by atoms with Crippen LogP contribution in [0.3, 0.4) is 0 Å². The summed E-state index contributed by atoms with van der Waals surface area (Å²) in [5.41, 5.74) is 9.67. The number of benzene rings is 1. The van der Waals surface area contributed by atoms with Gasteiger partial charge in [-0.05, 0) is 43.7 Å². The molecule has 1 aromatic carbocycles. The molecule has 0 bridgehead atoms. The van der Waals surface area contributed by atoms with Gasteiger partial charge in [-0.25, -0.2) is 4.98 Å². The highest BCUT2D eigenvalue weighted by atomic mass is 16.5. The van der Waals surface area contributed by atoms with Gasteiger partial charge in [0.15, 0.2) is 0 Å². The van der Waals surface area contributed by atoms with Crippen LogP contribution in [0.2, 0.25) is 0 Å². The Kier molecular flexibility index (Phi) is 3.56. The van der Waals surface area contributed by atoms with E-state index < -0.39 is 0 Å². The Morgan fingerprint density at radius 3 is 3.00 bits per heavy atom. The molecule has 0 aliphatic carbocycles. The summed E-state index contributed by atoms with van der Waals surface area (Å²) in [7, 11) is 0. The molecule has 1 unspecified atom stereocenters. The third-order valence-corrected chi connectivity index (χ3v) is 3.43. The van der Waals surface area contributed by atoms with E-state index >= 15 is 0 Å². The van der Waals surface area contributed by atoms with Crippen LogP contribution in [0, 0.1) is 13.8 Å². The van der Waals surface area contributed by atoms with Crippen molar-refractivity contribution in [1.82, 2.24) is 4.98 Å². The molecule has 5 heteroatoms. The van der Waals surface area contributed by atoms with Gasteiger partial charge in [0.25, 0.3) is 0 Å². The lowest BCUT2D eigenvalue weighted by Gasteiger charge is -2.28. The molecule has 0 saturated carbocycles. The normalized spacial score (nSPS) is 16.6. The second-order valence-corrected chi connectivity index (χ2v) is 5.46. The zero-order valence-electron chi connectivity index (χ0n) is 12.3. The zero-order chi connectivity index (χ0) is 14.8. The number of fused-ring (bicyclic) bond motifs is 1. The van der Waals surface area contributed by atoms with Crippen LogP contribution in [0.4, 0.5) is 17.2 Å². The molecule has 0 radical (unpaired) electrons. The Morgan fingerprint density at radius 2 is 2.19 bits per heavy atom. The first-order chi connectivity index (χ1) is 10.1. The van der Waals surface area contributed by atoms with E-state index in [9.17, 15) is 0 Å². The van der Waals surface area contributed by atoms with Crippen molar-refractivity contribution in [2.75, 3.05) is 29.5 Å². The SMILES string of the molecule is Cc1cc(C)nc(NCC2COc3cc(N)ccc3N2)c1. The van der Waals surface area contributed by atoms with Crippen molar-refractivity contribution in [2.24, 2.45) is 0 Å². The van der Waals surface area contributed by atoms with Gasteiger partial charge in [-0.3, -0.25) is 0 Å². The van der Waals surface area contributed by atoms with Crippen LogP contribution >= 0.6 is 0 Å². The number of aromatic nitrogens is 1. The molecule has 3 rings (SSSR count). The number of nitrogens with zero attached hydrogens (tertiary/aromatic N) is 1. The maximum atomic E-state index is 5.75. The molecule has 21 heavy (non-hydrogen) atoms. The van der Waals surface area contributed by atoms with Crippen molar-refractivity contribution in [3.8, 4) is 5.75 Å². The first kappa shape index (κ1) is 13.5. The second-order valence-electron chi connectivity index (χ2n) is 5.46. The Hall–Kier alpha value is -2.43. The van der Waals surface area contributed by atoms with Gasteiger partial charge in [0.1, 0.15) is 18.2 Å². The minimum atomic E-state index is 0.198. The first-order valence-corrected chi connectivity index (χ1v) is 7.08. The summed E-state index contributed by atoms with van der Waals surface area (Å²) in [5, 5.41) is 6.81. The molecule has 0 spiro atoms. The van der Waals surface area contributed by atoms with Gasteiger partial charge in [0, 0.05) is 24.0 Å². The average Bonchev–Trinajstić information content (AvgIpc) is 2.44. The minimum absolute atomic E-state index is 0.198. The van der Waals surface area contributed by atoms with Gasteiger partial charge in [-0.15, -0.1) is 0 Å². The highest BCUT2D eigenvalue weighted by Crippen LogP contribution is 2.30. The van der Waals surface area contributed by atoms with E-state index in [1.54, 1.807) is 0 Å². The number of ether oxygens (including phenoxy) is 1. The minimum Gasteiger partial charge on any atom is -0.489 e. The second kappa shape index (κ2) is 5.52. The molecule has 0 saturated heterocycles. The van der Waals surface area contributed by atoms with Crippen LogP contribution in [0.15, 0.2) is 30.3 Å². The summed E-state index contributed by atoms with van der Waals surface area (Å²) in [4.78, 5) is 4.48. The van der Waals surface area contributed by atoms with E-state index in [-0.39, 0.29) is 6.04 Å². The number of nitrogens with two attached hydrogens (primary N) is 1. The summed E-state index contributed by atoms with van der Waals surface area (Å²) >= 11 is 0. The van der Waals surface area contributed by atoms with Crippen molar-refractivity contribution in [2.45, 2.75) is 19.9 Å². The predicted octanol–water partition coefficient (Wildman–Crippen LogP) is 2.57. The van der Waals surface area contributed by atoms with E-state index in [1.165, 1.54) is 5.56 Å². The molecule has 1 atom stereocenters. The van der Waals surface area contributed by atoms with Crippen LogP contribution in [0.5, 0.6) is 5.75 Å². The highest BCUT2D eigenvalue weighted by Gasteiger charge is 2.18. The number of nitrogens with one attached hydrogen (secondary N) is 2. The molecule has 0 fully saturated rings. The number of aryl methyl sites for hydroxylation is 2. The molecule has 1 aliphatic heterocycles. The maximum Gasteiger partial charge on any atom is 0.144 e. The summed E-state index contributed by atoms with van der Waals surface area (Å²) in [6.45, 7) is 5.43. The standard InChI is InChI=1S/C16H20N4O/c1-10-5-11(2)19-16(6-10)18-8-13-9-21-15-7-12(17)3-4-14(15)20-13/h3-7,13,20H,8-9,17H2,1-2H3,(H,18,19). The van der Waals surface area contributed by atoms with Crippen molar-refractivity contribution in [1.29, 1.82) is 0 Å². The number of hydrogen-bond donors (Lipinski definition) is 3. The number of hydrogen-bond acceptors (Lipinski definition) is 5. The molecule has 2 heterocycles. The molecular formula is C16H20N4O. The van der Waals surface area contributed by atoms with E-state index in [0.29, 0.717) is 12.3 Å². The zero-order valence-corrected chi connectivity index (χ0v) is 12.3. The summed E-state index contributed by atoms with van der Waals surface area (Å²) in [6, 6.07) is 9.97. The van der Waals surface area contributed by atoms with Crippen LogP contribution in [0.1, 0.15) is 11.3 Å². The Balaban J connectivity index is 1.63. The number of pyridine rings is 1. The monoisotopic (exact) mass is 284 g/mol. The largest absolute Gasteiger partial charge is 0.489 e. The number of anilines is 3. The fourth-order valence-electron chi connectivity index (χ4n) is 2.50. The van der Waals surface area contributed by atoms with E-state index in [4.69, 9.17) is 10.5 Å². The van der Waals surface area contributed by atoms with E-state index in [2.05, 4.69) is 28.6 Å². The molecule has 5 nitrogen and oxygen atoms in total. The topological polar surface area (TPSA) is 72.2 Å². The van der Waals surface area contributed by atoms with Gasteiger partial charge in [-0.2, -0.15) is 0 Å². The van der Waals surface area contributed by atoms with E-state index in [1.807, 2.05) is 31.2 Å². The lowest BCUT2D eigenvalue weighted by atomic mass is 10.2. The van der Waals surface area contributed by atoms with Gasteiger partial charge >= 0.3 is 0 Å². The maximum absolute atomic E-state index is 5.75. The predicted molar refractivity (Wildman–Crippen MR) is 86.0 cm³/mol. The van der Waals surface area contributed by atoms with Crippen LogP contribution in [0.25, 0.3) is 0 Å². The third-order valence-electron chi connectivity index (χ3n) is 3.43. The number of nitrogen functional groups attached to an aromatic ring is 1. The summed E-state index contributed by atoms with van der Waals surface area (Å²) in [6.07, 6.45) is 0. The van der Waals surface area contributed by atoms with Crippen LogP contribution < -0.4 is 21.1 Å². The summed E-state index contributed by atoms with van der Waals surface area (Å²) < 4.78 is 5.75. The lowest BCUT2D eigenvalue weighted by Crippen LogP contribution is -2.37. The van der Waals surface area contributed by atoms with Gasteiger partial charge in [-0.1, -0.05) is 0 Å². The smallest absolute Gasteiger partial charge is 0.144 e. The van der Waals surface area contributed by atoms with Gasteiger partial charge in [0.2, 0.25) is 0 Å². The highest BCUT2D eigenvalue weighted by molar-refractivity contribution is 5.64. The van der Waals surface area contributed by atoms with Crippen molar-refractivity contribution >= 4 is 17.2 Å². The summed E-state index contributed by atoms with van der Waals surface area (Å²) in [5.74, 6) is 1.72. The first-order valence-electron chi connectivity index (χ1n) is 7.08. The van der Waals surface area contributed by atoms with Crippen molar-refractivity contribution in [3.05, 3.63) is 41.6 Å². The van der Waals surface area contributed by atoms with Crippen molar-refractivity contribution < 1.29 is 4.74 Å². The molecule has 0 amide bonds. The van der Waals surface area contributed by atoms with Crippen LogP contribution in [-0.4, -0.2) is 24.2 Å². The molecule has 4 N–H and O–H groups in total. The van der Waals surface area contributed by atoms with E-state index in [0.717, 1.165) is 29.5 Å². The average molecular weight is 284 g/mol. The van der Waals surface area contributed by atoms with Gasteiger partial charge in [0.05, 0.1) is 11.7 Å². The third kappa shape index (κ3) is 3.18. The molecule has 110 valence electrons. The van der Waals surface area contributed by atoms with Crippen molar-refractivity contribution in [3.63, 3.8) is 0 Å². The Morgan fingerprint density at radius 1 is 1.33 bits per heavy atom. The quantitative estimate of drug-likeness (QED) is 0.756. The lowest BCUT2D eigenvalue weighted by molar-refractivity contribution is 0.289. The fourth-order valence-corrected chi connectivity index (χ4v) is 2.50. The molecule has 1 aromatic heterocycles. The number of rotatable bonds is 3.